The zero-order valence-corrected chi connectivity index (χ0v) is 11.0. The van der Waals surface area contributed by atoms with Crippen molar-refractivity contribution in [2.75, 3.05) is 0 Å². The van der Waals surface area contributed by atoms with E-state index < -0.39 is 17.6 Å². The lowest BCUT2D eigenvalue weighted by Crippen LogP contribution is -2.36. The zero-order valence-electron chi connectivity index (χ0n) is 10.2. The first-order valence-electron chi connectivity index (χ1n) is 5.19. The quantitative estimate of drug-likeness (QED) is 0.613. The third-order valence-electron chi connectivity index (χ3n) is 2.60. The summed E-state index contributed by atoms with van der Waals surface area (Å²) in [6.07, 6.45) is -0.805. The first-order valence-corrected chi connectivity index (χ1v) is 5.19. The largest absolute Gasteiger partial charge is 0.508 e. The van der Waals surface area contributed by atoms with Crippen molar-refractivity contribution in [2.24, 2.45) is 11.1 Å². The van der Waals surface area contributed by atoms with E-state index >= 15 is 0 Å². The number of hydrogen-bond donors (Lipinski definition) is 4. The molecule has 0 amide bonds. The maximum absolute atomic E-state index is 10.0. The molecule has 0 aromatic heterocycles. The summed E-state index contributed by atoms with van der Waals surface area (Å²) in [6.45, 7) is 5.58. The predicted octanol–water partition coefficient (Wildman–Crippen LogP) is 1.93. The Bertz CT molecular complexity index is 377. The van der Waals surface area contributed by atoms with Gasteiger partial charge in [-0.05, 0) is 23.6 Å². The number of benzene rings is 1. The number of hydrogen-bond acceptors (Lipinski definition) is 4. The molecule has 1 rings (SSSR count). The van der Waals surface area contributed by atoms with Crippen molar-refractivity contribution in [3.63, 3.8) is 0 Å². The number of phenolic OH excluding ortho intramolecular Hbond substituents is 2. The first kappa shape index (κ1) is 16.0. The molecule has 1 aromatic rings. The van der Waals surface area contributed by atoms with E-state index in [1.165, 1.54) is 18.2 Å². The minimum absolute atomic E-state index is 0. The summed E-state index contributed by atoms with van der Waals surface area (Å²) in [5.74, 6) is -0.00189. The van der Waals surface area contributed by atoms with Gasteiger partial charge in [0.25, 0.3) is 0 Å². The Hall–Kier alpha value is -0.970. The normalized spacial score (nSPS) is 14.9. The summed E-state index contributed by atoms with van der Waals surface area (Å²) in [5.41, 5.74) is 5.83. The summed E-state index contributed by atoms with van der Waals surface area (Å²) in [7, 11) is 0. The molecule has 0 aliphatic heterocycles. The van der Waals surface area contributed by atoms with Crippen LogP contribution in [-0.2, 0) is 0 Å². The lowest BCUT2D eigenvalue weighted by molar-refractivity contribution is 0.0394. The van der Waals surface area contributed by atoms with E-state index in [0.717, 1.165) is 0 Å². The van der Waals surface area contributed by atoms with Gasteiger partial charge in [0, 0.05) is 5.56 Å². The van der Waals surface area contributed by atoms with Crippen molar-refractivity contribution in [1.29, 1.82) is 0 Å². The van der Waals surface area contributed by atoms with Crippen LogP contribution in [0.4, 0.5) is 0 Å². The fraction of sp³-hybridized carbons (Fsp3) is 0.500. The standard InChI is InChI=1S/C12H19NO3.ClH/c1-12(2,3)11(16)10(13)8-6-7(14)4-5-9(8)15;/h4-6,10-11,14-16H,13H2,1-3H3;1H/t10-,11-;/m1./s1. The average molecular weight is 262 g/mol. The molecule has 17 heavy (non-hydrogen) atoms. The molecular weight excluding hydrogens is 242 g/mol. The van der Waals surface area contributed by atoms with Gasteiger partial charge in [0.1, 0.15) is 11.5 Å². The third-order valence-corrected chi connectivity index (χ3v) is 2.60. The Balaban J connectivity index is 0.00000256. The molecule has 98 valence electrons. The molecule has 0 bridgehead atoms. The van der Waals surface area contributed by atoms with Crippen LogP contribution in [0.3, 0.4) is 0 Å². The molecule has 0 spiro atoms. The Kier molecular flexibility index (Phi) is 5.26. The van der Waals surface area contributed by atoms with Crippen molar-refractivity contribution in [2.45, 2.75) is 32.9 Å². The fourth-order valence-corrected chi connectivity index (χ4v) is 1.52. The number of halogens is 1. The van der Waals surface area contributed by atoms with Crippen LogP contribution in [-0.4, -0.2) is 21.4 Å². The van der Waals surface area contributed by atoms with Gasteiger partial charge < -0.3 is 21.1 Å². The Labute approximate surface area is 107 Å². The molecule has 0 aliphatic carbocycles. The Morgan fingerprint density at radius 1 is 1.18 bits per heavy atom. The summed E-state index contributed by atoms with van der Waals surface area (Å²) in [5, 5.41) is 28.9. The predicted molar refractivity (Wildman–Crippen MR) is 69.4 cm³/mol. The number of aliphatic hydroxyl groups is 1. The molecular formula is C12H20ClNO3. The van der Waals surface area contributed by atoms with Gasteiger partial charge in [0.15, 0.2) is 0 Å². The van der Waals surface area contributed by atoms with E-state index in [2.05, 4.69) is 0 Å². The molecule has 0 saturated carbocycles. The van der Waals surface area contributed by atoms with Crippen molar-refractivity contribution < 1.29 is 15.3 Å². The molecule has 0 heterocycles. The lowest BCUT2D eigenvalue weighted by Gasteiger charge is -2.31. The van der Waals surface area contributed by atoms with Crippen molar-refractivity contribution >= 4 is 12.4 Å². The fourth-order valence-electron chi connectivity index (χ4n) is 1.52. The van der Waals surface area contributed by atoms with Crippen LogP contribution in [0.15, 0.2) is 18.2 Å². The number of rotatable bonds is 2. The van der Waals surface area contributed by atoms with E-state index in [4.69, 9.17) is 5.73 Å². The van der Waals surface area contributed by atoms with Crippen LogP contribution in [0, 0.1) is 5.41 Å². The summed E-state index contributed by atoms with van der Waals surface area (Å²) < 4.78 is 0. The molecule has 5 N–H and O–H groups in total. The van der Waals surface area contributed by atoms with E-state index in [1.54, 1.807) is 0 Å². The molecule has 1 aromatic carbocycles. The van der Waals surface area contributed by atoms with Gasteiger partial charge in [-0.25, -0.2) is 0 Å². The Morgan fingerprint density at radius 2 is 1.71 bits per heavy atom. The minimum atomic E-state index is -0.805. The van der Waals surface area contributed by atoms with Crippen LogP contribution < -0.4 is 5.73 Å². The van der Waals surface area contributed by atoms with E-state index in [-0.39, 0.29) is 23.9 Å². The number of aliphatic hydroxyl groups excluding tert-OH is 1. The maximum atomic E-state index is 10.0. The van der Waals surface area contributed by atoms with Crippen LogP contribution in [0.2, 0.25) is 0 Å². The van der Waals surface area contributed by atoms with Crippen LogP contribution in [0.1, 0.15) is 32.4 Å². The highest BCUT2D eigenvalue weighted by Gasteiger charge is 2.30. The van der Waals surface area contributed by atoms with Crippen LogP contribution in [0.5, 0.6) is 11.5 Å². The minimum Gasteiger partial charge on any atom is -0.508 e. The topological polar surface area (TPSA) is 86.7 Å². The number of phenols is 2. The maximum Gasteiger partial charge on any atom is 0.120 e. The zero-order chi connectivity index (χ0) is 12.5. The van der Waals surface area contributed by atoms with Crippen LogP contribution >= 0.6 is 12.4 Å². The van der Waals surface area contributed by atoms with E-state index in [9.17, 15) is 15.3 Å². The molecule has 5 heteroatoms. The second kappa shape index (κ2) is 5.58. The molecule has 2 atom stereocenters. The molecule has 0 saturated heterocycles. The monoisotopic (exact) mass is 261 g/mol. The number of nitrogens with two attached hydrogens (primary N) is 1. The van der Waals surface area contributed by atoms with Crippen LogP contribution in [0.25, 0.3) is 0 Å². The smallest absolute Gasteiger partial charge is 0.120 e. The summed E-state index contributed by atoms with van der Waals surface area (Å²) in [6, 6.07) is 3.37. The van der Waals surface area contributed by atoms with Crippen molar-refractivity contribution in [3.8, 4) is 11.5 Å². The first-order chi connectivity index (χ1) is 7.23. The molecule has 0 aliphatic rings. The highest BCUT2D eigenvalue weighted by molar-refractivity contribution is 5.85. The van der Waals surface area contributed by atoms with Gasteiger partial charge in [-0.15, -0.1) is 12.4 Å². The van der Waals surface area contributed by atoms with Gasteiger partial charge in [0.2, 0.25) is 0 Å². The molecule has 4 nitrogen and oxygen atoms in total. The van der Waals surface area contributed by atoms with Crippen molar-refractivity contribution in [1.82, 2.24) is 0 Å². The van der Waals surface area contributed by atoms with Gasteiger partial charge in [-0.3, -0.25) is 0 Å². The highest BCUT2D eigenvalue weighted by atomic mass is 35.5. The van der Waals surface area contributed by atoms with Gasteiger partial charge in [-0.2, -0.15) is 0 Å². The van der Waals surface area contributed by atoms with Gasteiger partial charge >= 0.3 is 0 Å². The summed E-state index contributed by atoms with van der Waals surface area (Å²) >= 11 is 0. The molecule has 0 radical (unpaired) electrons. The summed E-state index contributed by atoms with van der Waals surface area (Å²) in [4.78, 5) is 0. The van der Waals surface area contributed by atoms with E-state index in [0.29, 0.717) is 5.56 Å². The van der Waals surface area contributed by atoms with Gasteiger partial charge in [-0.1, -0.05) is 20.8 Å². The second-order valence-corrected chi connectivity index (χ2v) is 5.08. The highest BCUT2D eigenvalue weighted by Crippen LogP contribution is 2.34. The third kappa shape index (κ3) is 3.77. The SMILES string of the molecule is CC(C)(C)[C@H](O)[C@H](N)c1cc(O)ccc1O.Cl. The second-order valence-electron chi connectivity index (χ2n) is 5.08. The number of aromatic hydroxyl groups is 2. The Morgan fingerprint density at radius 3 is 2.18 bits per heavy atom. The van der Waals surface area contributed by atoms with Crippen molar-refractivity contribution in [3.05, 3.63) is 23.8 Å². The molecule has 0 fully saturated rings. The molecule has 0 unspecified atom stereocenters. The van der Waals surface area contributed by atoms with E-state index in [1.807, 2.05) is 20.8 Å². The lowest BCUT2D eigenvalue weighted by atomic mass is 9.82. The average Bonchev–Trinajstić information content (AvgIpc) is 2.18. The van der Waals surface area contributed by atoms with Gasteiger partial charge in [0.05, 0.1) is 12.1 Å².